The quantitative estimate of drug-likeness (QED) is 0.335. The van der Waals surface area contributed by atoms with E-state index in [1.807, 2.05) is 12.1 Å². The molecule has 0 amide bonds. The summed E-state index contributed by atoms with van der Waals surface area (Å²) in [6.45, 7) is 3.83. The zero-order chi connectivity index (χ0) is 24.9. The van der Waals surface area contributed by atoms with E-state index in [1.165, 1.54) is 31.4 Å². The maximum absolute atomic E-state index is 13.4. The van der Waals surface area contributed by atoms with Crippen LogP contribution in [0, 0.1) is 0 Å². The van der Waals surface area contributed by atoms with Gasteiger partial charge in [-0.1, -0.05) is 18.6 Å². The number of methoxy groups -OCH3 is 1. The van der Waals surface area contributed by atoms with Crippen LogP contribution in [0.4, 0.5) is 0 Å². The molecule has 0 aliphatic carbocycles. The Kier molecular flexibility index (Phi) is 7.09. The molecule has 1 N–H and O–H groups in total. The second-order valence-corrected chi connectivity index (χ2v) is 8.83. The summed E-state index contributed by atoms with van der Waals surface area (Å²) in [5.41, 5.74) is 0.906. The molecule has 0 radical (unpaired) electrons. The summed E-state index contributed by atoms with van der Waals surface area (Å²) >= 11 is 0. The minimum absolute atomic E-state index is 0.000137. The van der Waals surface area contributed by atoms with E-state index in [0.717, 1.165) is 25.4 Å². The molecular weight excluding hydrogens is 458 g/mol. The summed E-state index contributed by atoms with van der Waals surface area (Å²) in [4.78, 5) is 15.9. The van der Waals surface area contributed by atoms with Gasteiger partial charge in [-0.25, -0.2) is 0 Å². The lowest BCUT2D eigenvalue weighted by Gasteiger charge is -2.26. The van der Waals surface area contributed by atoms with Crippen molar-refractivity contribution in [2.24, 2.45) is 0 Å². The Bertz CT molecular complexity index is 1370. The molecule has 1 saturated heterocycles. The summed E-state index contributed by atoms with van der Waals surface area (Å²) in [7, 11) is 1.58. The highest BCUT2D eigenvalue weighted by Gasteiger charge is 2.19. The normalized spacial score (nSPS) is 14.0. The highest BCUT2D eigenvalue weighted by Crippen LogP contribution is 2.35. The first-order valence-corrected chi connectivity index (χ1v) is 12.2. The number of likely N-dealkylation sites (tertiary alicyclic amines) is 1. The fourth-order valence-corrected chi connectivity index (χ4v) is 4.43. The Morgan fingerprint density at radius 3 is 2.31 bits per heavy atom. The molecule has 0 bridgehead atoms. The lowest BCUT2D eigenvalue weighted by Crippen LogP contribution is -2.33. The van der Waals surface area contributed by atoms with Gasteiger partial charge in [0, 0.05) is 12.6 Å². The summed E-state index contributed by atoms with van der Waals surface area (Å²) in [5, 5.41) is 10.2. The van der Waals surface area contributed by atoms with Gasteiger partial charge in [0.25, 0.3) is 0 Å². The average Bonchev–Trinajstić information content (AvgIpc) is 2.90. The van der Waals surface area contributed by atoms with Crippen molar-refractivity contribution in [2.75, 3.05) is 33.4 Å². The SMILES string of the molecule is COc1ccc(-c2c(Oc3ccc(OCCN4CCCCC4)cc3)oc3cc(O)ccc3c2=O)cc1. The number of nitrogens with zero attached hydrogens (tertiary/aromatic N) is 1. The third-order valence-corrected chi connectivity index (χ3v) is 6.38. The molecule has 3 aromatic carbocycles. The molecule has 1 aliphatic heterocycles. The standard InChI is InChI=1S/C29H29NO6/c1-33-22-8-5-20(6-9-22)27-28(32)25-14-7-21(31)19-26(25)36-29(27)35-24-12-10-23(11-13-24)34-18-17-30-15-3-2-4-16-30/h5-14,19,31H,2-4,15-18H2,1H3. The van der Waals surface area contributed by atoms with Crippen molar-refractivity contribution < 1.29 is 23.7 Å². The van der Waals surface area contributed by atoms with E-state index in [1.54, 1.807) is 49.6 Å². The number of benzene rings is 3. The fourth-order valence-electron chi connectivity index (χ4n) is 4.43. The number of hydrogen-bond acceptors (Lipinski definition) is 7. The third-order valence-electron chi connectivity index (χ3n) is 6.38. The molecule has 7 heteroatoms. The zero-order valence-corrected chi connectivity index (χ0v) is 20.2. The van der Waals surface area contributed by atoms with E-state index in [0.29, 0.717) is 29.1 Å². The van der Waals surface area contributed by atoms with Crippen molar-refractivity contribution in [3.8, 4) is 40.1 Å². The third kappa shape index (κ3) is 5.31. The van der Waals surface area contributed by atoms with Gasteiger partial charge >= 0.3 is 5.95 Å². The molecule has 7 nitrogen and oxygen atoms in total. The Balaban J connectivity index is 1.39. The van der Waals surface area contributed by atoms with Gasteiger partial charge in [0.15, 0.2) is 0 Å². The lowest BCUT2D eigenvalue weighted by atomic mass is 10.0. The van der Waals surface area contributed by atoms with Crippen molar-refractivity contribution in [1.29, 1.82) is 0 Å². The highest BCUT2D eigenvalue weighted by molar-refractivity contribution is 5.85. The maximum atomic E-state index is 13.4. The fraction of sp³-hybridized carbons (Fsp3) is 0.276. The molecule has 186 valence electrons. The predicted octanol–water partition coefficient (Wildman–Crippen LogP) is 5.83. The second kappa shape index (κ2) is 10.7. The Hall–Kier alpha value is -3.97. The Morgan fingerprint density at radius 1 is 0.889 bits per heavy atom. The number of fused-ring (bicyclic) bond motifs is 1. The molecule has 0 unspecified atom stereocenters. The first kappa shape index (κ1) is 23.8. The molecule has 5 rings (SSSR count). The van der Waals surface area contributed by atoms with E-state index >= 15 is 0 Å². The molecular formula is C29H29NO6. The van der Waals surface area contributed by atoms with E-state index in [2.05, 4.69) is 4.90 Å². The first-order chi connectivity index (χ1) is 17.6. The summed E-state index contributed by atoms with van der Waals surface area (Å²) < 4.78 is 23.2. The van der Waals surface area contributed by atoms with Crippen LogP contribution in [0.3, 0.4) is 0 Å². The topological polar surface area (TPSA) is 81.4 Å². The molecule has 36 heavy (non-hydrogen) atoms. The van der Waals surface area contributed by atoms with Crippen molar-refractivity contribution in [3.05, 3.63) is 77.0 Å². The van der Waals surface area contributed by atoms with E-state index in [9.17, 15) is 9.90 Å². The second-order valence-electron chi connectivity index (χ2n) is 8.83. The van der Waals surface area contributed by atoms with Crippen molar-refractivity contribution in [3.63, 3.8) is 0 Å². The molecule has 0 spiro atoms. The number of aromatic hydroxyl groups is 1. The number of phenolic OH excluding ortho intramolecular Hbond substituents is 1. The van der Waals surface area contributed by atoms with E-state index < -0.39 is 0 Å². The average molecular weight is 488 g/mol. The molecule has 0 saturated carbocycles. The van der Waals surface area contributed by atoms with Crippen LogP contribution in [0.25, 0.3) is 22.1 Å². The zero-order valence-electron chi connectivity index (χ0n) is 20.2. The number of phenols is 1. The van der Waals surface area contributed by atoms with Gasteiger partial charge in [-0.05, 0) is 80.0 Å². The van der Waals surface area contributed by atoms with Gasteiger partial charge in [-0.2, -0.15) is 0 Å². The van der Waals surface area contributed by atoms with Crippen LogP contribution in [0.5, 0.6) is 28.9 Å². The van der Waals surface area contributed by atoms with E-state index in [-0.39, 0.29) is 28.3 Å². The van der Waals surface area contributed by atoms with Gasteiger partial charge < -0.3 is 23.7 Å². The first-order valence-electron chi connectivity index (χ1n) is 12.2. The Morgan fingerprint density at radius 2 is 1.58 bits per heavy atom. The Labute approximate surface area is 209 Å². The van der Waals surface area contributed by atoms with Gasteiger partial charge in [0.2, 0.25) is 5.43 Å². The van der Waals surface area contributed by atoms with E-state index in [4.69, 9.17) is 18.6 Å². The van der Waals surface area contributed by atoms with Crippen LogP contribution in [-0.2, 0) is 0 Å². The summed E-state index contributed by atoms with van der Waals surface area (Å²) in [6.07, 6.45) is 3.83. The summed E-state index contributed by atoms with van der Waals surface area (Å²) in [6, 6.07) is 18.7. The van der Waals surface area contributed by atoms with Crippen LogP contribution < -0.4 is 19.6 Å². The molecule has 4 aromatic rings. The molecule has 2 heterocycles. The molecule has 1 aliphatic rings. The van der Waals surface area contributed by atoms with Crippen molar-refractivity contribution in [1.82, 2.24) is 4.90 Å². The number of ether oxygens (including phenoxy) is 3. The van der Waals surface area contributed by atoms with Crippen LogP contribution in [0.2, 0.25) is 0 Å². The van der Waals surface area contributed by atoms with Crippen LogP contribution in [0.1, 0.15) is 19.3 Å². The highest BCUT2D eigenvalue weighted by atomic mass is 16.6. The minimum atomic E-state index is -0.255. The van der Waals surface area contributed by atoms with Crippen LogP contribution in [-0.4, -0.2) is 43.4 Å². The van der Waals surface area contributed by atoms with Crippen LogP contribution >= 0.6 is 0 Å². The van der Waals surface area contributed by atoms with Gasteiger partial charge in [-0.3, -0.25) is 9.69 Å². The van der Waals surface area contributed by atoms with Crippen LogP contribution in [0.15, 0.2) is 75.9 Å². The van der Waals surface area contributed by atoms with Gasteiger partial charge in [0.1, 0.15) is 40.8 Å². The molecule has 1 fully saturated rings. The predicted molar refractivity (Wildman–Crippen MR) is 138 cm³/mol. The number of hydrogen-bond donors (Lipinski definition) is 1. The minimum Gasteiger partial charge on any atom is -0.508 e. The maximum Gasteiger partial charge on any atom is 0.302 e. The van der Waals surface area contributed by atoms with Crippen molar-refractivity contribution >= 4 is 11.0 Å². The largest absolute Gasteiger partial charge is 0.508 e. The smallest absolute Gasteiger partial charge is 0.302 e. The number of piperidine rings is 1. The monoisotopic (exact) mass is 487 g/mol. The molecule has 1 aromatic heterocycles. The van der Waals surface area contributed by atoms with Crippen molar-refractivity contribution in [2.45, 2.75) is 19.3 Å². The lowest BCUT2D eigenvalue weighted by molar-refractivity contribution is 0.183. The van der Waals surface area contributed by atoms with Gasteiger partial charge in [-0.15, -0.1) is 0 Å². The van der Waals surface area contributed by atoms with Gasteiger partial charge in [0.05, 0.1) is 12.5 Å². The summed E-state index contributed by atoms with van der Waals surface area (Å²) in [5.74, 6) is 1.96. The number of rotatable bonds is 8. The molecule has 0 atom stereocenters.